The van der Waals surface area contributed by atoms with E-state index in [1.165, 1.54) is 16.7 Å². The van der Waals surface area contributed by atoms with Crippen molar-refractivity contribution < 1.29 is 9.53 Å². The van der Waals surface area contributed by atoms with E-state index in [9.17, 15) is 4.79 Å². The van der Waals surface area contributed by atoms with Gasteiger partial charge in [0.05, 0.1) is 11.2 Å². The quantitative estimate of drug-likeness (QED) is 0.835. The molecule has 2 heterocycles. The molecule has 1 amide bonds. The Bertz CT molecular complexity index is 783. The van der Waals surface area contributed by atoms with Gasteiger partial charge in [-0.2, -0.15) is 5.10 Å². The van der Waals surface area contributed by atoms with E-state index in [4.69, 9.17) is 4.74 Å². The van der Waals surface area contributed by atoms with Crippen LogP contribution in [0, 0.1) is 0 Å². The Labute approximate surface area is 142 Å². The molecule has 0 fully saturated rings. The average Bonchev–Trinajstić information content (AvgIpc) is 2.92. The second kappa shape index (κ2) is 6.30. The van der Waals surface area contributed by atoms with Gasteiger partial charge in [0, 0.05) is 25.0 Å². The highest BCUT2D eigenvalue weighted by atomic mass is 16.6. The summed E-state index contributed by atoms with van der Waals surface area (Å²) in [5.41, 5.74) is 2.99. The molecule has 2 aromatic rings. The van der Waals surface area contributed by atoms with Crippen molar-refractivity contribution in [2.75, 3.05) is 13.1 Å². The van der Waals surface area contributed by atoms with Crippen LogP contribution in [0.3, 0.4) is 0 Å². The van der Waals surface area contributed by atoms with E-state index < -0.39 is 5.60 Å². The van der Waals surface area contributed by atoms with Gasteiger partial charge in [-0.05, 0) is 45.8 Å². The molecule has 0 aliphatic carbocycles. The van der Waals surface area contributed by atoms with Crippen LogP contribution in [-0.2, 0) is 11.3 Å². The molecule has 5 heteroatoms. The monoisotopic (exact) mass is 327 g/mol. The van der Waals surface area contributed by atoms with Crippen LogP contribution >= 0.6 is 0 Å². The molecule has 24 heavy (non-hydrogen) atoms. The predicted octanol–water partition coefficient (Wildman–Crippen LogP) is 4.08. The van der Waals surface area contributed by atoms with Gasteiger partial charge in [-0.15, -0.1) is 0 Å². The minimum atomic E-state index is -0.460. The molecule has 0 N–H and O–H groups in total. The maximum absolute atomic E-state index is 12.2. The Morgan fingerprint density at radius 2 is 2.04 bits per heavy atom. The van der Waals surface area contributed by atoms with Gasteiger partial charge in [-0.1, -0.05) is 24.3 Å². The zero-order chi connectivity index (χ0) is 17.3. The van der Waals surface area contributed by atoms with E-state index in [1.54, 1.807) is 4.90 Å². The van der Waals surface area contributed by atoms with Crippen molar-refractivity contribution >= 4 is 22.6 Å². The highest BCUT2D eigenvalue weighted by molar-refractivity contribution is 5.91. The molecule has 0 spiro atoms. The summed E-state index contributed by atoms with van der Waals surface area (Å²) in [7, 11) is 0. The van der Waals surface area contributed by atoms with E-state index in [1.807, 2.05) is 39.0 Å². The van der Waals surface area contributed by atoms with Crippen molar-refractivity contribution in [1.29, 1.82) is 0 Å². The van der Waals surface area contributed by atoms with Gasteiger partial charge in [0.15, 0.2) is 0 Å². The Morgan fingerprint density at radius 1 is 1.29 bits per heavy atom. The average molecular weight is 327 g/mol. The highest BCUT2D eigenvalue weighted by Crippen LogP contribution is 2.29. The molecule has 0 atom stereocenters. The zero-order valence-electron chi connectivity index (χ0n) is 14.9. The highest BCUT2D eigenvalue weighted by Gasteiger charge is 2.25. The summed E-state index contributed by atoms with van der Waals surface area (Å²) in [4.78, 5) is 14.0. The summed E-state index contributed by atoms with van der Waals surface area (Å²) in [5, 5.41) is 5.86. The molecule has 0 bridgehead atoms. The number of carbonyl (C=O) groups excluding carboxylic acids is 1. The first-order valence-electron chi connectivity index (χ1n) is 8.52. The lowest BCUT2D eigenvalue weighted by molar-refractivity contribution is 0.0270. The molecule has 3 rings (SSSR count). The fourth-order valence-electron chi connectivity index (χ4n) is 3.02. The van der Waals surface area contributed by atoms with Gasteiger partial charge in [0.1, 0.15) is 5.60 Å². The van der Waals surface area contributed by atoms with Crippen LogP contribution < -0.4 is 0 Å². The second-order valence-corrected chi connectivity index (χ2v) is 7.09. The van der Waals surface area contributed by atoms with Crippen molar-refractivity contribution in [3.05, 3.63) is 36.0 Å². The number of nitrogens with zero attached hydrogens (tertiary/aromatic N) is 3. The third-order valence-electron chi connectivity index (χ3n) is 4.11. The van der Waals surface area contributed by atoms with E-state index in [-0.39, 0.29) is 6.09 Å². The van der Waals surface area contributed by atoms with E-state index in [0.717, 1.165) is 18.5 Å². The standard InChI is InChI=1S/C19H25N3O2/c1-5-22-17(15-8-6-7-9-16(15)20-22)14-10-12-21(13-11-14)18(23)24-19(2,3)4/h6-10H,5,11-13H2,1-4H3. The van der Waals surface area contributed by atoms with Gasteiger partial charge < -0.3 is 9.64 Å². The smallest absolute Gasteiger partial charge is 0.410 e. The molecular formula is C19H25N3O2. The molecule has 0 radical (unpaired) electrons. The molecular weight excluding hydrogens is 302 g/mol. The van der Waals surface area contributed by atoms with E-state index >= 15 is 0 Å². The third-order valence-corrected chi connectivity index (χ3v) is 4.11. The van der Waals surface area contributed by atoms with E-state index in [2.05, 4.69) is 28.8 Å². The molecule has 0 saturated heterocycles. The van der Waals surface area contributed by atoms with Crippen LogP contribution in [0.2, 0.25) is 0 Å². The molecule has 0 saturated carbocycles. The number of aryl methyl sites for hydroxylation is 1. The zero-order valence-corrected chi connectivity index (χ0v) is 14.9. The SMILES string of the molecule is CCn1nc2ccccc2c1C1=CCN(C(=O)OC(C)(C)C)CC1. The lowest BCUT2D eigenvalue weighted by atomic mass is 10.0. The third kappa shape index (κ3) is 3.30. The molecule has 5 nitrogen and oxygen atoms in total. The number of amides is 1. The maximum Gasteiger partial charge on any atom is 0.410 e. The van der Waals surface area contributed by atoms with Crippen LogP contribution in [0.5, 0.6) is 0 Å². The number of fused-ring (bicyclic) bond motifs is 1. The first kappa shape index (κ1) is 16.6. The molecule has 1 aromatic carbocycles. The van der Waals surface area contributed by atoms with Crippen LogP contribution in [0.1, 0.15) is 39.8 Å². The molecule has 1 aliphatic heterocycles. The normalized spacial score (nSPS) is 15.5. The number of rotatable bonds is 2. The van der Waals surface area contributed by atoms with Gasteiger partial charge in [-0.3, -0.25) is 4.68 Å². The van der Waals surface area contributed by atoms with Crippen molar-refractivity contribution in [3.63, 3.8) is 0 Å². The van der Waals surface area contributed by atoms with Crippen molar-refractivity contribution in [3.8, 4) is 0 Å². The summed E-state index contributed by atoms with van der Waals surface area (Å²) < 4.78 is 7.51. The number of hydrogen-bond donors (Lipinski definition) is 0. The molecule has 128 valence electrons. The van der Waals surface area contributed by atoms with Gasteiger partial charge in [-0.25, -0.2) is 4.79 Å². The van der Waals surface area contributed by atoms with Crippen molar-refractivity contribution in [1.82, 2.24) is 14.7 Å². The Hall–Kier alpha value is -2.30. The summed E-state index contributed by atoms with van der Waals surface area (Å²) in [6, 6.07) is 8.22. The number of benzene rings is 1. The minimum Gasteiger partial charge on any atom is -0.444 e. The second-order valence-electron chi connectivity index (χ2n) is 7.09. The summed E-state index contributed by atoms with van der Waals surface area (Å²) in [6.45, 7) is 9.85. The summed E-state index contributed by atoms with van der Waals surface area (Å²) >= 11 is 0. The summed E-state index contributed by atoms with van der Waals surface area (Å²) in [6.07, 6.45) is 2.70. The Morgan fingerprint density at radius 3 is 2.67 bits per heavy atom. The first-order valence-corrected chi connectivity index (χ1v) is 8.52. The number of carbonyl (C=O) groups is 1. The Balaban J connectivity index is 1.84. The summed E-state index contributed by atoms with van der Waals surface area (Å²) in [5.74, 6) is 0. The van der Waals surface area contributed by atoms with Crippen LogP contribution in [-0.4, -0.2) is 39.5 Å². The van der Waals surface area contributed by atoms with Crippen LogP contribution in [0.15, 0.2) is 30.3 Å². The lowest BCUT2D eigenvalue weighted by Gasteiger charge is -2.29. The van der Waals surface area contributed by atoms with Crippen LogP contribution in [0.25, 0.3) is 16.5 Å². The lowest BCUT2D eigenvalue weighted by Crippen LogP contribution is -2.39. The first-order chi connectivity index (χ1) is 11.4. The molecule has 0 unspecified atom stereocenters. The van der Waals surface area contributed by atoms with Gasteiger partial charge in [0.25, 0.3) is 0 Å². The van der Waals surface area contributed by atoms with Crippen LogP contribution in [0.4, 0.5) is 4.79 Å². The fraction of sp³-hybridized carbons (Fsp3) is 0.474. The maximum atomic E-state index is 12.2. The molecule has 1 aliphatic rings. The number of ether oxygens (including phenoxy) is 1. The fourth-order valence-corrected chi connectivity index (χ4v) is 3.02. The number of hydrogen-bond acceptors (Lipinski definition) is 3. The number of aromatic nitrogens is 2. The Kier molecular flexibility index (Phi) is 4.35. The molecule has 1 aromatic heterocycles. The van der Waals surface area contributed by atoms with Gasteiger partial charge >= 0.3 is 6.09 Å². The largest absolute Gasteiger partial charge is 0.444 e. The van der Waals surface area contributed by atoms with Gasteiger partial charge in [0.2, 0.25) is 0 Å². The minimum absolute atomic E-state index is 0.244. The van der Waals surface area contributed by atoms with E-state index in [0.29, 0.717) is 13.1 Å². The topological polar surface area (TPSA) is 47.4 Å². The predicted molar refractivity (Wildman–Crippen MR) is 95.8 cm³/mol. The van der Waals surface area contributed by atoms with Crippen molar-refractivity contribution in [2.24, 2.45) is 0 Å². The van der Waals surface area contributed by atoms with Crippen molar-refractivity contribution in [2.45, 2.75) is 46.3 Å².